The van der Waals surface area contributed by atoms with E-state index in [4.69, 9.17) is 9.15 Å². The topological polar surface area (TPSA) is 59.8 Å². The highest BCUT2D eigenvalue weighted by Gasteiger charge is 2.18. The van der Waals surface area contributed by atoms with Gasteiger partial charge in [-0.1, -0.05) is 29.8 Å². The average Bonchev–Trinajstić information content (AvgIpc) is 3.18. The van der Waals surface area contributed by atoms with Gasteiger partial charge in [-0.15, -0.1) is 0 Å². The Kier molecular flexibility index (Phi) is 5.71. The molecule has 27 heavy (non-hydrogen) atoms. The lowest BCUT2D eigenvalue weighted by atomic mass is 10.1. The number of carbonyl (C=O) groups is 2. The minimum atomic E-state index is -0.205. The Hall–Kier alpha value is -3.34. The van der Waals surface area contributed by atoms with Gasteiger partial charge in [0, 0.05) is 11.3 Å². The first-order valence-electron chi connectivity index (χ1n) is 8.66. The van der Waals surface area contributed by atoms with Gasteiger partial charge in [0.25, 0.3) is 5.91 Å². The minimum absolute atomic E-state index is 0.0501. The molecule has 0 bridgehead atoms. The van der Waals surface area contributed by atoms with Gasteiger partial charge >= 0.3 is 0 Å². The average molecular weight is 363 g/mol. The number of nitrogens with zero attached hydrogens (tertiary/aromatic N) is 1. The molecule has 2 aromatic carbocycles. The van der Waals surface area contributed by atoms with Crippen LogP contribution in [-0.2, 0) is 11.3 Å². The summed E-state index contributed by atoms with van der Waals surface area (Å²) < 4.78 is 11.0. The van der Waals surface area contributed by atoms with Crippen molar-refractivity contribution in [3.05, 3.63) is 83.8 Å². The Morgan fingerprint density at radius 1 is 1.04 bits per heavy atom. The zero-order valence-corrected chi connectivity index (χ0v) is 15.3. The molecular formula is C22H21NO4. The van der Waals surface area contributed by atoms with Crippen LogP contribution in [0.3, 0.4) is 0 Å². The highest BCUT2D eigenvalue weighted by atomic mass is 16.5. The van der Waals surface area contributed by atoms with Gasteiger partial charge in [-0.05, 0) is 50.2 Å². The second kappa shape index (κ2) is 8.36. The number of hydrogen-bond donors (Lipinski definition) is 0. The number of carbonyl (C=O) groups excluding carboxylic acids is 2. The molecule has 138 valence electrons. The standard InChI is InChI=1S/C22H21NO4/c1-16-8-10-19(11-9-16)23(14-21-7-4-12-26-21)22(25)15-27-20-6-3-5-18(13-20)17(2)24/h3-13H,14-15H2,1-2H3. The molecule has 0 aliphatic carbocycles. The molecule has 0 aliphatic rings. The second-order valence-electron chi connectivity index (χ2n) is 6.27. The third-order valence-corrected chi connectivity index (χ3v) is 4.14. The quantitative estimate of drug-likeness (QED) is 0.584. The van der Waals surface area contributed by atoms with Crippen LogP contribution in [0.15, 0.2) is 71.3 Å². The maximum absolute atomic E-state index is 12.8. The van der Waals surface area contributed by atoms with Crippen LogP contribution in [-0.4, -0.2) is 18.3 Å². The van der Waals surface area contributed by atoms with Gasteiger partial charge in [0.15, 0.2) is 12.4 Å². The summed E-state index contributed by atoms with van der Waals surface area (Å²) in [7, 11) is 0. The normalized spacial score (nSPS) is 10.4. The number of amides is 1. The molecule has 1 heterocycles. The number of rotatable bonds is 7. The van der Waals surface area contributed by atoms with E-state index < -0.39 is 0 Å². The molecule has 1 aromatic heterocycles. The molecule has 0 fully saturated rings. The van der Waals surface area contributed by atoms with Crippen LogP contribution in [0.25, 0.3) is 0 Å². The highest BCUT2D eigenvalue weighted by molar-refractivity contribution is 5.95. The number of ether oxygens (including phenoxy) is 1. The molecule has 3 aromatic rings. The zero-order valence-electron chi connectivity index (χ0n) is 15.3. The summed E-state index contributed by atoms with van der Waals surface area (Å²) in [6.45, 7) is 3.65. The van der Waals surface area contributed by atoms with Gasteiger partial charge in [-0.3, -0.25) is 9.59 Å². The highest BCUT2D eigenvalue weighted by Crippen LogP contribution is 2.20. The Balaban J connectivity index is 1.75. The van der Waals surface area contributed by atoms with E-state index in [2.05, 4.69) is 0 Å². The van der Waals surface area contributed by atoms with Crippen molar-refractivity contribution in [2.45, 2.75) is 20.4 Å². The van der Waals surface area contributed by atoms with E-state index in [1.165, 1.54) is 6.92 Å². The van der Waals surface area contributed by atoms with Crippen molar-refractivity contribution >= 4 is 17.4 Å². The summed E-state index contributed by atoms with van der Waals surface area (Å²) in [5, 5.41) is 0. The van der Waals surface area contributed by atoms with Crippen LogP contribution in [0, 0.1) is 6.92 Å². The maximum atomic E-state index is 12.8. The number of aryl methyl sites for hydroxylation is 1. The van der Waals surface area contributed by atoms with Crippen LogP contribution >= 0.6 is 0 Å². The fraction of sp³-hybridized carbons (Fsp3) is 0.182. The summed E-state index contributed by atoms with van der Waals surface area (Å²) >= 11 is 0. The van der Waals surface area contributed by atoms with Crippen LogP contribution in [0.1, 0.15) is 28.6 Å². The van der Waals surface area contributed by atoms with Crippen molar-refractivity contribution < 1.29 is 18.7 Å². The number of Topliss-reactive ketones (excluding diaryl/α,β-unsaturated/α-hetero) is 1. The number of hydrogen-bond acceptors (Lipinski definition) is 4. The molecule has 5 heteroatoms. The Bertz CT molecular complexity index is 914. The predicted octanol–water partition coefficient (Wildman–Crippen LogP) is 4.40. The fourth-order valence-electron chi connectivity index (χ4n) is 2.63. The molecule has 0 radical (unpaired) electrons. The first-order valence-corrected chi connectivity index (χ1v) is 8.66. The lowest BCUT2D eigenvalue weighted by Gasteiger charge is -2.22. The molecule has 3 rings (SSSR count). The van der Waals surface area contributed by atoms with Crippen LogP contribution in [0.2, 0.25) is 0 Å². The summed E-state index contributed by atoms with van der Waals surface area (Å²) in [5.41, 5.74) is 2.43. The summed E-state index contributed by atoms with van der Waals surface area (Å²) in [6.07, 6.45) is 1.58. The molecule has 5 nitrogen and oxygen atoms in total. The maximum Gasteiger partial charge on any atom is 0.265 e. The van der Waals surface area contributed by atoms with Gasteiger partial charge < -0.3 is 14.1 Å². The number of ketones is 1. The van der Waals surface area contributed by atoms with Crippen LogP contribution < -0.4 is 9.64 Å². The van der Waals surface area contributed by atoms with Crippen molar-refractivity contribution in [2.24, 2.45) is 0 Å². The van der Waals surface area contributed by atoms with Crippen LogP contribution in [0.4, 0.5) is 5.69 Å². The van der Waals surface area contributed by atoms with E-state index in [0.717, 1.165) is 11.3 Å². The van der Waals surface area contributed by atoms with Gasteiger partial charge in [0.05, 0.1) is 12.8 Å². The molecule has 0 spiro atoms. The van der Waals surface area contributed by atoms with Crippen molar-refractivity contribution in [3.63, 3.8) is 0 Å². The number of benzene rings is 2. The van der Waals surface area contributed by atoms with Gasteiger partial charge in [0.2, 0.25) is 0 Å². The van der Waals surface area contributed by atoms with E-state index in [0.29, 0.717) is 23.6 Å². The molecule has 0 atom stereocenters. The Labute approximate surface area is 158 Å². The first kappa shape index (κ1) is 18.5. The minimum Gasteiger partial charge on any atom is -0.484 e. The van der Waals surface area contributed by atoms with Gasteiger partial charge in [-0.2, -0.15) is 0 Å². The van der Waals surface area contributed by atoms with Crippen molar-refractivity contribution in [3.8, 4) is 5.75 Å². The Morgan fingerprint density at radius 3 is 2.48 bits per heavy atom. The van der Waals surface area contributed by atoms with Gasteiger partial charge in [0.1, 0.15) is 11.5 Å². The second-order valence-corrected chi connectivity index (χ2v) is 6.27. The third kappa shape index (κ3) is 4.85. The largest absolute Gasteiger partial charge is 0.484 e. The third-order valence-electron chi connectivity index (χ3n) is 4.14. The van der Waals surface area contributed by atoms with E-state index in [1.807, 2.05) is 37.3 Å². The molecular weight excluding hydrogens is 342 g/mol. The summed E-state index contributed by atoms with van der Waals surface area (Å²) in [5.74, 6) is 0.912. The van der Waals surface area contributed by atoms with Gasteiger partial charge in [-0.25, -0.2) is 0 Å². The molecule has 0 saturated heterocycles. The molecule has 0 saturated carbocycles. The number of anilines is 1. The number of furan rings is 1. The Morgan fingerprint density at radius 2 is 1.81 bits per heavy atom. The summed E-state index contributed by atoms with van der Waals surface area (Å²) in [6, 6.07) is 18.1. The summed E-state index contributed by atoms with van der Waals surface area (Å²) in [4.78, 5) is 26.0. The van der Waals surface area contributed by atoms with Crippen LogP contribution in [0.5, 0.6) is 5.75 Å². The van der Waals surface area contributed by atoms with E-state index in [1.54, 1.807) is 41.5 Å². The van der Waals surface area contributed by atoms with Crippen molar-refractivity contribution in [2.75, 3.05) is 11.5 Å². The lowest BCUT2D eigenvalue weighted by Crippen LogP contribution is -2.34. The van der Waals surface area contributed by atoms with Crippen molar-refractivity contribution in [1.29, 1.82) is 0 Å². The fourth-order valence-corrected chi connectivity index (χ4v) is 2.63. The monoisotopic (exact) mass is 363 g/mol. The molecule has 0 unspecified atom stereocenters. The van der Waals surface area contributed by atoms with E-state index in [9.17, 15) is 9.59 Å². The zero-order chi connectivity index (χ0) is 19.2. The lowest BCUT2D eigenvalue weighted by molar-refractivity contribution is -0.120. The molecule has 0 N–H and O–H groups in total. The first-order chi connectivity index (χ1) is 13.0. The van der Waals surface area contributed by atoms with E-state index in [-0.39, 0.29) is 18.3 Å². The smallest absolute Gasteiger partial charge is 0.265 e. The van der Waals surface area contributed by atoms with E-state index >= 15 is 0 Å². The van der Waals surface area contributed by atoms with Crippen molar-refractivity contribution in [1.82, 2.24) is 0 Å². The predicted molar refractivity (Wildman–Crippen MR) is 103 cm³/mol. The SMILES string of the molecule is CC(=O)c1cccc(OCC(=O)N(Cc2ccco2)c2ccc(C)cc2)c1. The molecule has 1 amide bonds. The molecule has 0 aliphatic heterocycles.